The minimum atomic E-state index is -0.466. The Morgan fingerprint density at radius 3 is 2.59 bits per heavy atom. The molecule has 0 radical (unpaired) electrons. The molecule has 3 unspecified atom stereocenters. The first-order valence-electron chi connectivity index (χ1n) is 7.69. The summed E-state index contributed by atoms with van der Waals surface area (Å²) in [6.07, 6.45) is 1.48. The molecule has 2 aliphatic rings. The Labute approximate surface area is 130 Å². The van der Waals surface area contributed by atoms with E-state index in [1.807, 2.05) is 39.0 Å². The number of hydrogen-bond donors (Lipinski definition) is 0. The van der Waals surface area contributed by atoms with Crippen molar-refractivity contribution >= 4 is 6.09 Å². The van der Waals surface area contributed by atoms with Gasteiger partial charge in [0.05, 0.1) is 17.7 Å². The third-order valence-electron chi connectivity index (χ3n) is 4.44. The molecule has 1 aromatic rings. The first kappa shape index (κ1) is 14.8. The monoisotopic (exact) mass is 299 g/mol. The zero-order valence-corrected chi connectivity index (χ0v) is 13.2. The predicted octanol–water partition coefficient (Wildman–Crippen LogP) is 2.80. The maximum Gasteiger partial charge on any atom is 0.410 e. The van der Waals surface area contributed by atoms with Gasteiger partial charge < -0.3 is 9.64 Å². The van der Waals surface area contributed by atoms with Crippen LogP contribution in [0.3, 0.4) is 0 Å². The zero-order valence-electron chi connectivity index (χ0n) is 13.2. The fourth-order valence-electron chi connectivity index (χ4n) is 3.45. The molecule has 1 saturated carbocycles. The van der Waals surface area contributed by atoms with Gasteiger partial charge in [0.2, 0.25) is 0 Å². The van der Waals surface area contributed by atoms with Crippen molar-refractivity contribution in [3.63, 3.8) is 0 Å². The molecule has 3 rings (SSSR count). The molecule has 0 N–H and O–H groups in total. The molecule has 1 amide bonds. The highest BCUT2D eigenvalue weighted by atomic mass is 16.6. The van der Waals surface area contributed by atoms with Crippen LogP contribution in [-0.4, -0.2) is 34.7 Å². The van der Waals surface area contributed by atoms with E-state index in [2.05, 4.69) is 11.1 Å². The number of aromatic nitrogens is 1. The normalized spacial score (nSPS) is 27.7. The fourth-order valence-corrected chi connectivity index (χ4v) is 3.45. The Kier molecular flexibility index (Phi) is 3.56. The highest BCUT2D eigenvalue weighted by Crippen LogP contribution is 2.57. The Balaban J connectivity index is 1.61. The molecule has 3 atom stereocenters. The molecule has 22 heavy (non-hydrogen) atoms. The fraction of sp³-hybridized carbons (Fsp3) is 0.588. The molecule has 2 fully saturated rings. The Morgan fingerprint density at radius 2 is 2.09 bits per heavy atom. The van der Waals surface area contributed by atoms with Gasteiger partial charge in [-0.2, -0.15) is 5.26 Å². The summed E-state index contributed by atoms with van der Waals surface area (Å²) in [6.45, 7) is 7.00. The van der Waals surface area contributed by atoms with Crippen LogP contribution in [0.15, 0.2) is 24.4 Å². The van der Waals surface area contributed by atoms with Gasteiger partial charge in [0.15, 0.2) is 0 Å². The molecule has 0 spiro atoms. The van der Waals surface area contributed by atoms with Gasteiger partial charge in [0.25, 0.3) is 0 Å². The lowest BCUT2D eigenvalue weighted by atomic mass is 9.97. The van der Waals surface area contributed by atoms with Crippen LogP contribution in [0.4, 0.5) is 4.79 Å². The van der Waals surface area contributed by atoms with Crippen LogP contribution < -0.4 is 0 Å². The van der Waals surface area contributed by atoms with E-state index in [0.29, 0.717) is 30.8 Å². The van der Waals surface area contributed by atoms with Crippen molar-refractivity contribution < 1.29 is 9.53 Å². The van der Waals surface area contributed by atoms with Crippen molar-refractivity contribution in [3.05, 3.63) is 30.1 Å². The quantitative estimate of drug-likeness (QED) is 0.842. The van der Waals surface area contributed by atoms with Gasteiger partial charge in [0.1, 0.15) is 5.60 Å². The number of carbonyl (C=O) groups is 1. The van der Waals surface area contributed by atoms with E-state index in [0.717, 1.165) is 5.69 Å². The van der Waals surface area contributed by atoms with Gasteiger partial charge in [-0.15, -0.1) is 0 Å². The first-order valence-corrected chi connectivity index (χ1v) is 7.69. The van der Waals surface area contributed by atoms with Gasteiger partial charge in [-0.25, -0.2) is 4.79 Å². The average molecular weight is 299 g/mol. The third-order valence-corrected chi connectivity index (χ3v) is 4.44. The molecule has 116 valence electrons. The number of rotatable bonds is 2. The highest BCUT2D eigenvalue weighted by Gasteiger charge is 2.60. The van der Waals surface area contributed by atoms with E-state index < -0.39 is 5.60 Å². The lowest BCUT2D eigenvalue weighted by Gasteiger charge is -2.26. The summed E-state index contributed by atoms with van der Waals surface area (Å²) in [4.78, 5) is 18.2. The summed E-state index contributed by atoms with van der Waals surface area (Å²) < 4.78 is 5.41. The summed E-state index contributed by atoms with van der Waals surface area (Å²) in [5.74, 6) is 0.953. The number of nitrogens with zero attached hydrogens (tertiary/aromatic N) is 3. The summed E-state index contributed by atoms with van der Waals surface area (Å²) in [7, 11) is 0. The molecule has 1 aliphatic heterocycles. The van der Waals surface area contributed by atoms with Crippen molar-refractivity contribution in [2.45, 2.75) is 32.3 Å². The molecule has 1 aliphatic carbocycles. The topological polar surface area (TPSA) is 66.2 Å². The van der Waals surface area contributed by atoms with E-state index in [-0.39, 0.29) is 12.0 Å². The Hall–Kier alpha value is -2.09. The van der Waals surface area contributed by atoms with Crippen molar-refractivity contribution in [2.75, 3.05) is 13.1 Å². The molecule has 5 nitrogen and oxygen atoms in total. The van der Waals surface area contributed by atoms with Gasteiger partial charge in [-0.1, -0.05) is 6.07 Å². The molecule has 5 heteroatoms. The van der Waals surface area contributed by atoms with Crippen molar-refractivity contribution in [1.29, 1.82) is 5.26 Å². The number of amides is 1. The lowest BCUT2D eigenvalue weighted by molar-refractivity contribution is 0.0264. The zero-order chi connectivity index (χ0) is 15.9. The lowest BCUT2D eigenvalue weighted by Crippen LogP contribution is -2.37. The molecule has 2 heterocycles. The standard InChI is InChI=1S/C17H21N3O2/c1-17(2,3)22-16(21)20-9-12-13(10-20)15(12)11(8-18)14-6-4-5-7-19-14/h4-7,11-13,15H,9-10H2,1-3H3. The van der Waals surface area contributed by atoms with E-state index in [1.54, 1.807) is 11.1 Å². The summed E-state index contributed by atoms with van der Waals surface area (Å²) in [5, 5.41) is 9.48. The highest BCUT2D eigenvalue weighted by molar-refractivity contribution is 5.69. The molecule has 0 aromatic carbocycles. The van der Waals surface area contributed by atoms with E-state index >= 15 is 0 Å². The van der Waals surface area contributed by atoms with Crippen LogP contribution in [0.1, 0.15) is 32.4 Å². The second kappa shape index (κ2) is 5.28. The molecule has 1 aromatic heterocycles. The second-order valence-electron chi connectivity index (χ2n) is 7.15. The third kappa shape index (κ3) is 2.78. The van der Waals surface area contributed by atoms with E-state index in [4.69, 9.17) is 4.74 Å². The maximum absolute atomic E-state index is 12.1. The number of likely N-dealkylation sites (tertiary alicyclic amines) is 1. The second-order valence-corrected chi connectivity index (χ2v) is 7.15. The average Bonchev–Trinajstić information content (AvgIpc) is 2.94. The largest absolute Gasteiger partial charge is 0.444 e. The molecular weight excluding hydrogens is 278 g/mol. The van der Waals surface area contributed by atoms with Crippen LogP contribution in [0, 0.1) is 29.1 Å². The summed E-state index contributed by atoms with van der Waals surface area (Å²) in [5.41, 5.74) is 0.375. The number of nitriles is 1. The van der Waals surface area contributed by atoms with Gasteiger partial charge in [-0.05, 0) is 50.7 Å². The van der Waals surface area contributed by atoms with Gasteiger partial charge in [0, 0.05) is 19.3 Å². The molecule has 1 saturated heterocycles. The van der Waals surface area contributed by atoms with Gasteiger partial charge in [-0.3, -0.25) is 4.98 Å². The number of ether oxygens (including phenoxy) is 1. The van der Waals surface area contributed by atoms with Crippen molar-refractivity contribution in [1.82, 2.24) is 9.88 Å². The van der Waals surface area contributed by atoms with Crippen molar-refractivity contribution in [2.24, 2.45) is 17.8 Å². The smallest absolute Gasteiger partial charge is 0.410 e. The van der Waals surface area contributed by atoms with E-state index in [1.165, 1.54) is 0 Å². The number of hydrogen-bond acceptors (Lipinski definition) is 4. The first-order chi connectivity index (χ1) is 10.4. The minimum Gasteiger partial charge on any atom is -0.444 e. The number of carbonyl (C=O) groups excluding carboxylic acids is 1. The number of fused-ring (bicyclic) bond motifs is 1. The minimum absolute atomic E-state index is 0.169. The summed E-state index contributed by atoms with van der Waals surface area (Å²) >= 11 is 0. The predicted molar refractivity (Wildman–Crippen MR) is 80.9 cm³/mol. The maximum atomic E-state index is 12.1. The number of piperidine rings is 1. The van der Waals surface area contributed by atoms with Crippen LogP contribution in [0.2, 0.25) is 0 Å². The Morgan fingerprint density at radius 1 is 1.41 bits per heavy atom. The number of pyridine rings is 1. The van der Waals surface area contributed by atoms with Gasteiger partial charge >= 0.3 is 6.09 Å². The van der Waals surface area contributed by atoms with Crippen molar-refractivity contribution in [3.8, 4) is 6.07 Å². The van der Waals surface area contributed by atoms with Crippen LogP contribution >= 0.6 is 0 Å². The molecule has 0 bridgehead atoms. The summed E-state index contributed by atoms with van der Waals surface area (Å²) in [6, 6.07) is 8.08. The molecular formula is C17H21N3O2. The van der Waals surface area contributed by atoms with Crippen LogP contribution in [-0.2, 0) is 4.74 Å². The van der Waals surface area contributed by atoms with Crippen LogP contribution in [0.5, 0.6) is 0 Å². The van der Waals surface area contributed by atoms with E-state index in [9.17, 15) is 10.1 Å². The SMILES string of the molecule is CC(C)(C)OC(=O)N1CC2C(C1)C2C(C#N)c1ccccn1. The van der Waals surface area contributed by atoms with Crippen LogP contribution in [0.25, 0.3) is 0 Å². The Bertz CT molecular complexity index is 591.